The fourth-order valence-electron chi connectivity index (χ4n) is 5.43. The van der Waals surface area contributed by atoms with Crippen LogP contribution in [0.25, 0.3) is 0 Å². The lowest BCUT2D eigenvalue weighted by Gasteiger charge is -2.39. The molecule has 1 fully saturated rings. The van der Waals surface area contributed by atoms with E-state index in [0.29, 0.717) is 38.4 Å². The number of methoxy groups -OCH3 is 1. The number of aliphatic hydroxyl groups excluding tert-OH is 1. The molecule has 2 heterocycles. The van der Waals surface area contributed by atoms with E-state index in [1.54, 1.807) is 25.0 Å². The van der Waals surface area contributed by atoms with Gasteiger partial charge in [0.25, 0.3) is 5.91 Å². The molecule has 2 amide bonds. The molecule has 1 saturated heterocycles. The summed E-state index contributed by atoms with van der Waals surface area (Å²) >= 11 is 0. The minimum absolute atomic E-state index is 0.0558. The predicted octanol–water partition coefficient (Wildman–Crippen LogP) is 4.25. The van der Waals surface area contributed by atoms with E-state index in [0.717, 1.165) is 37.1 Å². The van der Waals surface area contributed by atoms with Gasteiger partial charge in [0, 0.05) is 63.7 Å². The summed E-state index contributed by atoms with van der Waals surface area (Å²) in [6.07, 6.45) is 6.50. The molecule has 35 heavy (non-hydrogen) atoms. The molecule has 1 N–H and O–H groups in total. The van der Waals surface area contributed by atoms with Crippen LogP contribution in [0, 0.1) is 5.41 Å². The molecule has 1 aromatic carbocycles. The summed E-state index contributed by atoms with van der Waals surface area (Å²) in [6, 6.07) is 6.08. The van der Waals surface area contributed by atoms with Crippen LogP contribution in [0.2, 0.25) is 0 Å². The van der Waals surface area contributed by atoms with Crippen LogP contribution >= 0.6 is 0 Å². The number of carbonyl (C=O) groups is 2. The molecule has 4 rings (SSSR count). The molecule has 7 heteroatoms. The molecule has 0 bridgehead atoms. The summed E-state index contributed by atoms with van der Waals surface area (Å²) < 4.78 is 5.39. The third-order valence-electron chi connectivity index (χ3n) is 8.13. The van der Waals surface area contributed by atoms with E-state index >= 15 is 0 Å². The maximum absolute atomic E-state index is 13.4. The van der Waals surface area contributed by atoms with Gasteiger partial charge in [-0.2, -0.15) is 0 Å². The van der Waals surface area contributed by atoms with Gasteiger partial charge in [-0.1, -0.05) is 25.1 Å². The Morgan fingerprint density at radius 2 is 1.80 bits per heavy atom. The highest BCUT2D eigenvalue weighted by Gasteiger charge is 2.37. The first kappa shape index (κ1) is 25.3. The second-order valence-electron chi connectivity index (χ2n) is 11.1. The molecule has 7 nitrogen and oxygen atoms in total. The van der Waals surface area contributed by atoms with E-state index in [1.165, 1.54) is 5.56 Å². The minimum atomic E-state index is -0.0649. The summed E-state index contributed by atoms with van der Waals surface area (Å²) in [5.41, 5.74) is 3.04. The van der Waals surface area contributed by atoms with Gasteiger partial charge in [0.1, 0.15) is 5.76 Å². The van der Waals surface area contributed by atoms with Crippen molar-refractivity contribution in [2.24, 2.45) is 5.41 Å². The molecule has 190 valence electrons. The monoisotopic (exact) mass is 481 g/mol. The van der Waals surface area contributed by atoms with Gasteiger partial charge >= 0.3 is 0 Å². The molecule has 0 radical (unpaired) electrons. The number of carbonyl (C=O) groups excluding carboxylic acids is 2. The first-order valence-electron chi connectivity index (χ1n) is 12.6. The number of ether oxygens (including phenoxy) is 1. The predicted molar refractivity (Wildman–Crippen MR) is 136 cm³/mol. The fraction of sp³-hybridized carbons (Fsp3) is 0.571. The molecule has 0 saturated carbocycles. The van der Waals surface area contributed by atoms with E-state index in [4.69, 9.17) is 4.74 Å². The molecule has 1 atom stereocenters. The Hall–Kier alpha value is -2.80. The van der Waals surface area contributed by atoms with Crippen molar-refractivity contribution in [1.29, 1.82) is 0 Å². The SMILES string of the molecule is COC1=C(O)C=CC(C)(CCC(C)(C)N2Cc3cccc(C(=O)N4CCN(C(C)=O)CC4)c3C2)C1. The average Bonchev–Trinajstić information content (AvgIpc) is 3.30. The summed E-state index contributed by atoms with van der Waals surface area (Å²) in [5.74, 6) is 1.01. The van der Waals surface area contributed by atoms with Crippen LogP contribution in [0.1, 0.15) is 68.4 Å². The van der Waals surface area contributed by atoms with Crippen molar-refractivity contribution in [2.45, 2.75) is 65.6 Å². The van der Waals surface area contributed by atoms with E-state index in [1.807, 2.05) is 17.0 Å². The zero-order valence-corrected chi connectivity index (χ0v) is 21.8. The van der Waals surface area contributed by atoms with E-state index in [9.17, 15) is 14.7 Å². The Labute approximate surface area is 209 Å². The van der Waals surface area contributed by atoms with Crippen LogP contribution < -0.4 is 0 Å². The molecule has 1 aliphatic carbocycles. The van der Waals surface area contributed by atoms with E-state index in [2.05, 4.69) is 37.8 Å². The zero-order valence-electron chi connectivity index (χ0n) is 21.8. The maximum Gasteiger partial charge on any atom is 0.254 e. The molecule has 0 aromatic heterocycles. The van der Waals surface area contributed by atoms with Crippen LogP contribution in [-0.4, -0.2) is 70.4 Å². The van der Waals surface area contributed by atoms with Crippen molar-refractivity contribution in [3.63, 3.8) is 0 Å². The first-order valence-corrected chi connectivity index (χ1v) is 12.6. The lowest BCUT2D eigenvalue weighted by Crippen LogP contribution is -2.50. The van der Waals surface area contributed by atoms with Crippen molar-refractivity contribution < 1.29 is 19.4 Å². The van der Waals surface area contributed by atoms with Crippen LogP contribution in [0.5, 0.6) is 0 Å². The van der Waals surface area contributed by atoms with E-state index in [-0.39, 0.29) is 28.5 Å². The largest absolute Gasteiger partial charge is 0.504 e. The van der Waals surface area contributed by atoms with Gasteiger partial charge in [-0.3, -0.25) is 14.5 Å². The highest BCUT2D eigenvalue weighted by Crippen LogP contribution is 2.41. The number of fused-ring (bicyclic) bond motifs is 1. The van der Waals surface area contributed by atoms with Gasteiger partial charge in [-0.05, 0) is 55.4 Å². The van der Waals surface area contributed by atoms with Crippen LogP contribution in [0.3, 0.4) is 0 Å². The van der Waals surface area contributed by atoms with E-state index < -0.39 is 0 Å². The number of allylic oxidation sites excluding steroid dienone is 3. The summed E-state index contributed by atoms with van der Waals surface area (Å²) in [6.45, 7) is 12.3. The van der Waals surface area contributed by atoms with Crippen LogP contribution in [0.4, 0.5) is 0 Å². The summed E-state index contributed by atoms with van der Waals surface area (Å²) in [4.78, 5) is 31.2. The number of amides is 2. The number of hydrogen-bond donors (Lipinski definition) is 1. The van der Waals surface area contributed by atoms with Crippen molar-refractivity contribution in [3.8, 4) is 0 Å². The number of benzene rings is 1. The third-order valence-corrected chi connectivity index (χ3v) is 8.13. The van der Waals surface area contributed by atoms with Crippen molar-refractivity contribution in [2.75, 3.05) is 33.3 Å². The van der Waals surface area contributed by atoms with Gasteiger partial charge in [0.05, 0.1) is 7.11 Å². The molecule has 0 spiro atoms. The molecular formula is C28H39N3O4. The number of aliphatic hydroxyl groups is 1. The first-order chi connectivity index (χ1) is 16.5. The second-order valence-corrected chi connectivity index (χ2v) is 11.1. The van der Waals surface area contributed by atoms with Gasteiger partial charge in [0.2, 0.25) is 5.91 Å². The standard InChI is InChI=1S/C28H39N3O4/c1-20(32)29-13-15-30(16-14-29)26(34)22-8-6-7-21-18-31(19-23(21)22)27(2,3)11-12-28(4)10-9-24(33)25(17-28)35-5/h6-10,33H,11-19H2,1-5H3. The molecular weight excluding hydrogens is 442 g/mol. The Balaban J connectivity index is 1.42. The third kappa shape index (κ3) is 5.25. The van der Waals surface area contributed by atoms with Gasteiger partial charge in [-0.15, -0.1) is 0 Å². The Bertz CT molecular complexity index is 1050. The second kappa shape index (κ2) is 9.69. The average molecular weight is 482 g/mol. The quantitative estimate of drug-likeness (QED) is 0.658. The Morgan fingerprint density at radius 3 is 2.46 bits per heavy atom. The summed E-state index contributed by atoms with van der Waals surface area (Å²) in [7, 11) is 1.61. The van der Waals surface area contributed by atoms with Crippen LogP contribution in [0.15, 0.2) is 41.9 Å². The number of rotatable bonds is 6. The van der Waals surface area contributed by atoms with Crippen molar-refractivity contribution in [3.05, 3.63) is 58.6 Å². The highest BCUT2D eigenvalue weighted by molar-refractivity contribution is 5.96. The minimum Gasteiger partial charge on any atom is -0.504 e. The Kier molecular flexibility index (Phi) is 7.00. The zero-order chi connectivity index (χ0) is 25.4. The maximum atomic E-state index is 13.4. The normalized spacial score (nSPS) is 23.0. The number of nitrogens with zero attached hydrogens (tertiary/aromatic N) is 3. The van der Waals surface area contributed by atoms with Gasteiger partial charge < -0.3 is 19.6 Å². The summed E-state index contributed by atoms with van der Waals surface area (Å²) in [5, 5.41) is 10.0. The fourth-order valence-corrected chi connectivity index (χ4v) is 5.43. The topological polar surface area (TPSA) is 73.3 Å². The smallest absolute Gasteiger partial charge is 0.254 e. The lowest BCUT2D eigenvalue weighted by molar-refractivity contribution is -0.130. The molecule has 1 aromatic rings. The molecule has 2 aliphatic heterocycles. The van der Waals surface area contributed by atoms with Gasteiger partial charge in [0.15, 0.2) is 5.76 Å². The van der Waals surface area contributed by atoms with Gasteiger partial charge in [-0.25, -0.2) is 0 Å². The highest BCUT2D eigenvalue weighted by atomic mass is 16.5. The number of hydrogen-bond acceptors (Lipinski definition) is 5. The Morgan fingerprint density at radius 1 is 1.11 bits per heavy atom. The van der Waals surface area contributed by atoms with Crippen LogP contribution in [-0.2, 0) is 22.6 Å². The lowest BCUT2D eigenvalue weighted by atomic mass is 9.76. The van der Waals surface area contributed by atoms with Crippen molar-refractivity contribution in [1.82, 2.24) is 14.7 Å². The van der Waals surface area contributed by atoms with Crippen molar-refractivity contribution >= 4 is 11.8 Å². The number of piperazine rings is 1. The molecule has 3 aliphatic rings. The molecule has 1 unspecified atom stereocenters.